The Morgan fingerprint density at radius 2 is 1.56 bits per heavy atom. The van der Waals surface area contributed by atoms with Crippen molar-refractivity contribution in [2.24, 2.45) is 0 Å². The number of imidazole rings is 1. The van der Waals surface area contributed by atoms with Gasteiger partial charge < -0.3 is 4.74 Å². The molecule has 0 saturated carbocycles. The molecule has 0 atom stereocenters. The van der Waals surface area contributed by atoms with E-state index in [2.05, 4.69) is 4.98 Å². The van der Waals surface area contributed by atoms with Crippen molar-refractivity contribution < 1.29 is 31.1 Å². The SMILES string of the molecule is FC(F)(F)c1nc2c(OCc3ccccc3)cccn2c1C(F)(F)F. The molecular weight excluding hydrogens is 350 g/mol. The maximum atomic E-state index is 13.1. The number of benzene rings is 1. The quantitative estimate of drug-likeness (QED) is 0.618. The molecule has 2 heterocycles. The summed E-state index contributed by atoms with van der Waals surface area (Å²) in [5, 5.41) is 0. The molecule has 25 heavy (non-hydrogen) atoms. The average molecular weight is 360 g/mol. The van der Waals surface area contributed by atoms with Gasteiger partial charge in [-0.1, -0.05) is 30.3 Å². The Morgan fingerprint density at radius 3 is 2.16 bits per heavy atom. The number of hydrogen-bond donors (Lipinski definition) is 0. The van der Waals surface area contributed by atoms with Crippen molar-refractivity contribution in [3.8, 4) is 5.75 Å². The number of fused-ring (bicyclic) bond motifs is 1. The molecule has 1 aromatic carbocycles. The number of hydrogen-bond acceptors (Lipinski definition) is 2. The first kappa shape index (κ1) is 17.1. The van der Waals surface area contributed by atoms with Crippen LogP contribution in [0.5, 0.6) is 5.75 Å². The molecule has 2 aromatic heterocycles. The summed E-state index contributed by atoms with van der Waals surface area (Å²) >= 11 is 0. The standard InChI is InChI=1S/C16H10F6N2O/c17-15(18,19)12-13(16(20,21)22)24-8-4-7-11(14(24)23-12)25-9-10-5-2-1-3-6-10/h1-8H,9H2. The molecule has 0 aliphatic heterocycles. The molecule has 3 nitrogen and oxygen atoms in total. The number of nitrogens with zero attached hydrogens (tertiary/aromatic N) is 2. The predicted molar refractivity (Wildman–Crippen MR) is 76.0 cm³/mol. The van der Waals surface area contributed by atoms with E-state index in [1.54, 1.807) is 30.3 Å². The number of rotatable bonds is 3. The van der Waals surface area contributed by atoms with Crippen LogP contribution < -0.4 is 4.74 Å². The first-order valence-electron chi connectivity index (χ1n) is 7.00. The third kappa shape index (κ3) is 3.40. The van der Waals surface area contributed by atoms with Gasteiger partial charge in [-0.05, 0) is 17.7 Å². The lowest BCUT2D eigenvalue weighted by Crippen LogP contribution is -2.17. The molecule has 0 saturated heterocycles. The van der Waals surface area contributed by atoms with Crippen LogP contribution in [-0.2, 0) is 19.0 Å². The van der Waals surface area contributed by atoms with Crippen molar-refractivity contribution in [2.45, 2.75) is 19.0 Å². The Hall–Kier alpha value is -2.71. The summed E-state index contributed by atoms with van der Waals surface area (Å²) in [5.41, 5.74) is -3.70. The maximum absolute atomic E-state index is 13.1. The van der Waals surface area contributed by atoms with Gasteiger partial charge in [-0.25, -0.2) is 4.98 Å². The van der Waals surface area contributed by atoms with Crippen LogP contribution >= 0.6 is 0 Å². The summed E-state index contributed by atoms with van der Waals surface area (Å²) in [6.07, 6.45) is -9.59. The summed E-state index contributed by atoms with van der Waals surface area (Å²) < 4.78 is 84.0. The molecular formula is C16H10F6N2O. The fraction of sp³-hybridized carbons (Fsp3) is 0.188. The molecule has 0 amide bonds. The van der Waals surface area contributed by atoms with Gasteiger partial charge in [-0.3, -0.25) is 4.40 Å². The molecule has 132 valence electrons. The first-order chi connectivity index (χ1) is 11.7. The van der Waals surface area contributed by atoms with E-state index >= 15 is 0 Å². The second kappa shape index (κ2) is 5.98. The maximum Gasteiger partial charge on any atom is 0.435 e. The van der Waals surface area contributed by atoms with Gasteiger partial charge in [-0.2, -0.15) is 26.3 Å². The van der Waals surface area contributed by atoms with E-state index in [1.807, 2.05) is 0 Å². The molecule has 3 aromatic rings. The minimum Gasteiger partial charge on any atom is -0.485 e. The fourth-order valence-corrected chi connectivity index (χ4v) is 2.36. The monoisotopic (exact) mass is 360 g/mol. The van der Waals surface area contributed by atoms with Crippen molar-refractivity contribution in [3.05, 3.63) is 65.6 Å². The van der Waals surface area contributed by atoms with Gasteiger partial charge in [-0.15, -0.1) is 0 Å². The van der Waals surface area contributed by atoms with Crippen LogP contribution in [0.25, 0.3) is 5.65 Å². The number of ether oxygens (including phenoxy) is 1. The zero-order valence-electron chi connectivity index (χ0n) is 12.4. The van der Waals surface area contributed by atoms with Crippen LogP contribution in [0.2, 0.25) is 0 Å². The van der Waals surface area contributed by atoms with E-state index in [4.69, 9.17) is 4.74 Å². The van der Waals surface area contributed by atoms with Crippen LogP contribution in [-0.4, -0.2) is 9.38 Å². The van der Waals surface area contributed by atoms with E-state index in [0.29, 0.717) is 9.96 Å². The van der Waals surface area contributed by atoms with Gasteiger partial charge in [0.15, 0.2) is 22.8 Å². The van der Waals surface area contributed by atoms with Crippen LogP contribution in [0, 0.1) is 0 Å². The lowest BCUT2D eigenvalue weighted by molar-refractivity contribution is -0.166. The van der Waals surface area contributed by atoms with Gasteiger partial charge in [0.25, 0.3) is 0 Å². The highest BCUT2D eigenvalue weighted by molar-refractivity contribution is 5.57. The molecule has 0 unspecified atom stereocenters. The Bertz CT molecular complexity index is 883. The van der Waals surface area contributed by atoms with Crippen LogP contribution in [0.3, 0.4) is 0 Å². The molecule has 0 spiro atoms. The molecule has 0 bridgehead atoms. The summed E-state index contributed by atoms with van der Waals surface area (Å²) in [4.78, 5) is 3.16. The third-order valence-corrected chi connectivity index (χ3v) is 3.39. The zero-order valence-corrected chi connectivity index (χ0v) is 12.4. The lowest BCUT2D eigenvalue weighted by atomic mass is 10.2. The minimum atomic E-state index is -5.24. The van der Waals surface area contributed by atoms with Crippen LogP contribution in [0.4, 0.5) is 26.3 Å². The van der Waals surface area contributed by atoms with Gasteiger partial charge in [0.2, 0.25) is 0 Å². The van der Waals surface area contributed by atoms with Gasteiger partial charge >= 0.3 is 12.4 Å². The minimum absolute atomic E-state index is 0.0178. The summed E-state index contributed by atoms with van der Waals surface area (Å²) in [6, 6.07) is 11.1. The fourth-order valence-electron chi connectivity index (χ4n) is 2.36. The van der Waals surface area contributed by atoms with E-state index < -0.39 is 29.4 Å². The van der Waals surface area contributed by atoms with Gasteiger partial charge in [0, 0.05) is 6.20 Å². The molecule has 3 rings (SSSR count). The molecule has 0 radical (unpaired) electrons. The lowest BCUT2D eigenvalue weighted by Gasteiger charge is -2.11. The van der Waals surface area contributed by atoms with Crippen molar-refractivity contribution >= 4 is 5.65 Å². The highest BCUT2D eigenvalue weighted by Crippen LogP contribution is 2.41. The average Bonchev–Trinajstić information content (AvgIpc) is 2.94. The number of alkyl halides is 6. The van der Waals surface area contributed by atoms with Crippen molar-refractivity contribution in [2.75, 3.05) is 0 Å². The second-order valence-electron chi connectivity index (χ2n) is 5.14. The summed E-state index contributed by atoms with van der Waals surface area (Å²) in [7, 11) is 0. The largest absolute Gasteiger partial charge is 0.485 e. The Morgan fingerprint density at radius 1 is 0.880 bits per heavy atom. The van der Waals surface area contributed by atoms with Crippen LogP contribution in [0.15, 0.2) is 48.7 Å². The number of halogens is 6. The molecule has 0 fully saturated rings. The van der Waals surface area contributed by atoms with E-state index in [9.17, 15) is 26.3 Å². The van der Waals surface area contributed by atoms with E-state index in [-0.39, 0.29) is 12.4 Å². The van der Waals surface area contributed by atoms with Crippen molar-refractivity contribution in [1.29, 1.82) is 0 Å². The van der Waals surface area contributed by atoms with E-state index in [1.165, 1.54) is 12.1 Å². The molecule has 0 N–H and O–H groups in total. The van der Waals surface area contributed by atoms with Crippen LogP contribution in [0.1, 0.15) is 17.0 Å². The smallest absolute Gasteiger partial charge is 0.435 e. The van der Waals surface area contributed by atoms with Crippen molar-refractivity contribution in [3.63, 3.8) is 0 Å². The highest BCUT2D eigenvalue weighted by Gasteiger charge is 2.48. The van der Waals surface area contributed by atoms with Crippen molar-refractivity contribution in [1.82, 2.24) is 9.38 Å². The number of pyridine rings is 1. The second-order valence-corrected chi connectivity index (χ2v) is 5.14. The summed E-state index contributed by atoms with van der Waals surface area (Å²) in [5.74, 6) is -0.174. The highest BCUT2D eigenvalue weighted by atomic mass is 19.4. The normalized spacial score (nSPS) is 12.6. The Kier molecular flexibility index (Phi) is 4.09. The summed E-state index contributed by atoms with van der Waals surface area (Å²) in [6.45, 7) is -0.0178. The predicted octanol–water partition coefficient (Wildman–Crippen LogP) is 4.95. The molecule has 0 aliphatic carbocycles. The molecule has 0 aliphatic rings. The molecule has 9 heteroatoms. The van der Waals surface area contributed by atoms with E-state index in [0.717, 1.165) is 6.20 Å². The zero-order chi connectivity index (χ0) is 18.2. The Labute approximate surface area is 137 Å². The first-order valence-corrected chi connectivity index (χ1v) is 7.00. The number of aromatic nitrogens is 2. The Balaban J connectivity index is 2.08. The van der Waals surface area contributed by atoms with Gasteiger partial charge in [0.05, 0.1) is 0 Å². The third-order valence-electron chi connectivity index (χ3n) is 3.39. The van der Waals surface area contributed by atoms with Gasteiger partial charge in [0.1, 0.15) is 6.61 Å². The topological polar surface area (TPSA) is 26.5 Å².